The van der Waals surface area contributed by atoms with Crippen LogP contribution in [0.1, 0.15) is 13.3 Å². The summed E-state index contributed by atoms with van der Waals surface area (Å²) in [5, 5.41) is 19.7. The first-order valence-corrected chi connectivity index (χ1v) is 5.19. The van der Waals surface area contributed by atoms with Gasteiger partial charge < -0.3 is 24.4 Å². The Balaban J connectivity index is 2.70. The van der Waals surface area contributed by atoms with Gasteiger partial charge in [-0.25, -0.2) is 0 Å². The first-order chi connectivity index (χ1) is 7.15. The van der Waals surface area contributed by atoms with E-state index >= 15 is 0 Å². The summed E-state index contributed by atoms with van der Waals surface area (Å²) < 4.78 is 15.6. The van der Waals surface area contributed by atoms with E-state index in [0.717, 1.165) is 0 Å². The lowest BCUT2D eigenvalue weighted by Gasteiger charge is -2.41. The fourth-order valence-corrected chi connectivity index (χ4v) is 1.93. The van der Waals surface area contributed by atoms with Gasteiger partial charge in [-0.05, 0) is 6.42 Å². The van der Waals surface area contributed by atoms with Crippen LogP contribution in [0, 0.1) is 0 Å². The molecule has 0 saturated carbocycles. The van der Waals surface area contributed by atoms with Crippen molar-refractivity contribution in [2.75, 3.05) is 20.8 Å². The lowest BCUT2D eigenvalue weighted by atomic mass is 9.94. The predicted molar refractivity (Wildman–Crippen MR) is 53.6 cm³/mol. The number of hydrogen-bond acceptors (Lipinski definition) is 5. The maximum atomic E-state index is 9.85. The zero-order chi connectivity index (χ0) is 11.4. The van der Waals surface area contributed by atoms with E-state index in [0.29, 0.717) is 13.0 Å². The molecule has 1 fully saturated rings. The van der Waals surface area contributed by atoms with Crippen LogP contribution in [-0.4, -0.2) is 61.6 Å². The minimum atomic E-state index is -0.854. The first kappa shape index (κ1) is 12.9. The second-order valence-corrected chi connectivity index (χ2v) is 3.76. The van der Waals surface area contributed by atoms with Gasteiger partial charge in [-0.15, -0.1) is 0 Å². The zero-order valence-corrected chi connectivity index (χ0v) is 9.42. The highest BCUT2D eigenvalue weighted by Gasteiger charge is 2.43. The van der Waals surface area contributed by atoms with E-state index in [9.17, 15) is 10.2 Å². The van der Waals surface area contributed by atoms with Crippen molar-refractivity contribution in [3.8, 4) is 0 Å². The monoisotopic (exact) mass is 220 g/mol. The Hall–Kier alpha value is -0.200. The predicted octanol–water partition coefficient (Wildman–Crippen LogP) is -0.453. The molecule has 0 radical (unpaired) electrons. The van der Waals surface area contributed by atoms with Gasteiger partial charge in [-0.2, -0.15) is 0 Å². The average molecular weight is 220 g/mol. The Morgan fingerprint density at radius 1 is 1.13 bits per heavy atom. The van der Waals surface area contributed by atoms with E-state index in [1.54, 1.807) is 7.11 Å². The van der Waals surface area contributed by atoms with Gasteiger partial charge >= 0.3 is 0 Å². The average Bonchev–Trinajstić information content (AvgIpc) is 2.23. The molecule has 0 amide bonds. The molecule has 1 rings (SSSR count). The molecule has 2 N–H and O–H groups in total. The van der Waals surface area contributed by atoms with E-state index in [1.807, 2.05) is 6.92 Å². The maximum Gasteiger partial charge on any atom is 0.114 e. The molecule has 0 aliphatic carbocycles. The van der Waals surface area contributed by atoms with Crippen molar-refractivity contribution in [2.24, 2.45) is 0 Å². The molecule has 1 aliphatic heterocycles. The van der Waals surface area contributed by atoms with Gasteiger partial charge in [0.05, 0.1) is 12.7 Å². The van der Waals surface area contributed by atoms with Gasteiger partial charge in [0.1, 0.15) is 24.4 Å². The number of hydrogen-bond donors (Lipinski definition) is 2. The van der Waals surface area contributed by atoms with Crippen molar-refractivity contribution in [3.05, 3.63) is 0 Å². The molecule has 1 saturated heterocycles. The molecule has 1 aliphatic rings. The number of rotatable bonds is 4. The molecular formula is C10H20O5. The quantitative estimate of drug-likeness (QED) is 0.671. The molecule has 15 heavy (non-hydrogen) atoms. The summed E-state index contributed by atoms with van der Waals surface area (Å²) in [5.74, 6) is 0. The molecule has 5 atom stereocenters. The molecule has 0 aromatic rings. The van der Waals surface area contributed by atoms with Crippen molar-refractivity contribution < 1.29 is 24.4 Å². The normalized spacial score (nSPS) is 41.8. The largest absolute Gasteiger partial charge is 0.388 e. The summed E-state index contributed by atoms with van der Waals surface area (Å²) in [6.45, 7) is 2.21. The van der Waals surface area contributed by atoms with Crippen LogP contribution in [0.4, 0.5) is 0 Å². The van der Waals surface area contributed by atoms with Crippen molar-refractivity contribution in [1.82, 2.24) is 0 Å². The van der Waals surface area contributed by atoms with E-state index in [4.69, 9.17) is 14.2 Å². The second-order valence-electron chi connectivity index (χ2n) is 3.76. The van der Waals surface area contributed by atoms with Crippen LogP contribution < -0.4 is 0 Å². The molecule has 5 heteroatoms. The van der Waals surface area contributed by atoms with Crippen LogP contribution in [0.2, 0.25) is 0 Å². The van der Waals surface area contributed by atoms with Crippen LogP contribution >= 0.6 is 0 Å². The third-order valence-corrected chi connectivity index (χ3v) is 2.79. The van der Waals surface area contributed by atoms with Crippen LogP contribution in [0.15, 0.2) is 0 Å². The Bertz CT molecular complexity index is 187. The van der Waals surface area contributed by atoms with Crippen LogP contribution in [-0.2, 0) is 14.2 Å². The van der Waals surface area contributed by atoms with E-state index in [2.05, 4.69) is 0 Å². The van der Waals surface area contributed by atoms with Gasteiger partial charge in [-0.3, -0.25) is 0 Å². The van der Waals surface area contributed by atoms with Crippen LogP contribution in [0.3, 0.4) is 0 Å². The van der Waals surface area contributed by atoms with E-state index in [-0.39, 0.29) is 6.10 Å². The summed E-state index contributed by atoms with van der Waals surface area (Å²) in [5.41, 5.74) is 0. The maximum absolute atomic E-state index is 9.85. The molecule has 2 unspecified atom stereocenters. The molecule has 0 aromatic heterocycles. The molecule has 0 bridgehead atoms. The second kappa shape index (κ2) is 5.77. The van der Waals surface area contributed by atoms with Crippen LogP contribution in [0.5, 0.6) is 0 Å². The molecule has 0 spiro atoms. The van der Waals surface area contributed by atoms with Gasteiger partial charge in [0, 0.05) is 14.2 Å². The first-order valence-electron chi connectivity index (χ1n) is 5.19. The highest BCUT2D eigenvalue weighted by atomic mass is 16.6. The number of methoxy groups -OCH3 is 2. The summed E-state index contributed by atoms with van der Waals surface area (Å²) >= 11 is 0. The highest BCUT2D eigenvalue weighted by Crippen LogP contribution is 2.24. The third kappa shape index (κ3) is 2.68. The molecule has 90 valence electrons. The van der Waals surface area contributed by atoms with Gasteiger partial charge in [-0.1, -0.05) is 6.92 Å². The van der Waals surface area contributed by atoms with Crippen LogP contribution in [0.25, 0.3) is 0 Å². The van der Waals surface area contributed by atoms with E-state index in [1.165, 1.54) is 7.11 Å². The Labute approximate surface area is 89.9 Å². The summed E-state index contributed by atoms with van der Waals surface area (Å²) in [6, 6.07) is 0. The third-order valence-electron chi connectivity index (χ3n) is 2.79. The van der Waals surface area contributed by atoms with Gasteiger partial charge in [0.15, 0.2) is 0 Å². The zero-order valence-electron chi connectivity index (χ0n) is 9.42. The minimum absolute atomic E-state index is 0.296. The molecule has 0 aromatic carbocycles. The number of ether oxygens (including phenoxy) is 3. The fraction of sp³-hybridized carbons (Fsp3) is 1.00. The molecular weight excluding hydrogens is 200 g/mol. The molecule has 1 heterocycles. The minimum Gasteiger partial charge on any atom is -0.388 e. The summed E-state index contributed by atoms with van der Waals surface area (Å²) in [4.78, 5) is 0. The van der Waals surface area contributed by atoms with E-state index < -0.39 is 24.4 Å². The fourth-order valence-electron chi connectivity index (χ4n) is 1.93. The number of aliphatic hydroxyl groups excluding tert-OH is 2. The molecule has 5 nitrogen and oxygen atoms in total. The Morgan fingerprint density at radius 2 is 1.73 bits per heavy atom. The highest BCUT2D eigenvalue weighted by molar-refractivity contribution is 4.92. The Morgan fingerprint density at radius 3 is 2.20 bits per heavy atom. The van der Waals surface area contributed by atoms with Gasteiger partial charge in [0.2, 0.25) is 0 Å². The van der Waals surface area contributed by atoms with Crippen molar-refractivity contribution in [1.29, 1.82) is 0 Å². The summed E-state index contributed by atoms with van der Waals surface area (Å²) in [7, 11) is 3.02. The Kier molecular flexibility index (Phi) is 4.95. The van der Waals surface area contributed by atoms with Crippen molar-refractivity contribution >= 4 is 0 Å². The lowest BCUT2D eigenvalue weighted by molar-refractivity contribution is -0.237. The standard InChI is InChI=1S/C10H20O5/c1-4-6-8(11)10(14-3)9(12)7(15-6)5-13-2/h6-12H,4-5H2,1-3H3/t6-,7?,8?,9-,10+/m1/s1. The topological polar surface area (TPSA) is 68.2 Å². The number of aliphatic hydroxyl groups is 2. The van der Waals surface area contributed by atoms with Crippen molar-refractivity contribution in [3.63, 3.8) is 0 Å². The van der Waals surface area contributed by atoms with Crippen molar-refractivity contribution in [2.45, 2.75) is 43.9 Å². The SMILES string of the molecule is CC[C@H]1OC(COC)[C@@H](O)[C@@H](OC)C1O. The van der Waals surface area contributed by atoms with Gasteiger partial charge in [0.25, 0.3) is 0 Å². The smallest absolute Gasteiger partial charge is 0.114 e. The lowest BCUT2D eigenvalue weighted by Crippen LogP contribution is -2.59. The summed E-state index contributed by atoms with van der Waals surface area (Å²) in [6.07, 6.45) is -2.32.